The summed E-state index contributed by atoms with van der Waals surface area (Å²) in [5.41, 5.74) is 2.95. The van der Waals surface area contributed by atoms with Crippen LogP contribution in [0.3, 0.4) is 0 Å². The monoisotopic (exact) mass is 458 g/mol. The van der Waals surface area contributed by atoms with Gasteiger partial charge in [-0.15, -0.1) is 0 Å². The van der Waals surface area contributed by atoms with Crippen LogP contribution in [0.2, 0.25) is 0 Å². The molecular weight excluding hydrogens is 428 g/mol. The number of rotatable bonds is 8. The number of carbonyl (C=O) groups excluding carboxylic acids is 1. The van der Waals surface area contributed by atoms with Crippen molar-refractivity contribution in [1.29, 1.82) is 0 Å². The minimum Gasteiger partial charge on any atom is -0.495 e. The van der Waals surface area contributed by atoms with Crippen molar-refractivity contribution < 1.29 is 22.7 Å². The zero-order valence-electron chi connectivity index (χ0n) is 18.6. The first-order valence-corrected chi connectivity index (χ1v) is 12.4. The van der Waals surface area contributed by atoms with Crippen LogP contribution in [0.1, 0.15) is 29.5 Å². The first-order valence-electron chi connectivity index (χ1n) is 11.0. The third kappa shape index (κ3) is 5.14. The number of methoxy groups -OCH3 is 1. The van der Waals surface area contributed by atoms with Crippen LogP contribution in [0.15, 0.2) is 47.4 Å². The van der Waals surface area contributed by atoms with Gasteiger partial charge in [0.15, 0.2) is 0 Å². The summed E-state index contributed by atoms with van der Waals surface area (Å²) >= 11 is 0. The van der Waals surface area contributed by atoms with E-state index in [9.17, 15) is 13.2 Å². The summed E-state index contributed by atoms with van der Waals surface area (Å²) in [6, 6.07) is 13.5. The Morgan fingerprint density at radius 3 is 2.38 bits per heavy atom. The summed E-state index contributed by atoms with van der Waals surface area (Å²) in [5, 5.41) is 0. The van der Waals surface area contributed by atoms with Crippen LogP contribution in [0, 0.1) is 6.92 Å². The number of nitrogens with zero attached hydrogens (tertiary/aromatic N) is 2. The minimum absolute atomic E-state index is 0.00737. The fraction of sp³-hybridized carbons (Fsp3) is 0.458. The Morgan fingerprint density at radius 1 is 1.09 bits per heavy atom. The predicted molar refractivity (Wildman–Crippen MR) is 121 cm³/mol. The average molecular weight is 459 g/mol. The highest BCUT2D eigenvalue weighted by Gasteiger charge is 2.33. The predicted octanol–water partition coefficient (Wildman–Crippen LogP) is 2.76. The third-order valence-corrected chi connectivity index (χ3v) is 7.87. The number of amides is 1. The molecule has 0 aromatic heterocycles. The molecule has 0 bridgehead atoms. The van der Waals surface area contributed by atoms with Crippen LogP contribution in [-0.4, -0.2) is 63.0 Å². The van der Waals surface area contributed by atoms with Gasteiger partial charge >= 0.3 is 0 Å². The molecule has 172 valence electrons. The maximum absolute atomic E-state index is 13.2. The molecule has 0 N–H and O–H groups in total. The Hall–Kier alpha value is -2.42. The molecule has 1 saturated heterocycles. The third-order valence-electron chi connectivity index (χ3n) is 5.95. The van der Waals surface area contributed by atoms with E-state index < -0.39 is 10.0 Å². The molecule has 1 heterocycles. The smallest absolute Gasteiger partial charge is 0.246 e. The van der Waals surface area contributed by atoms with Crippen molar-refractivity contribution >= 4 is 15.9 Å². The molecule has 2 fully saturated rings. The number of hydrogen-bond donors (Lipinski definition) is 0. The lowest BCUT2D eigenvalue weighted by Crippen LogP contribution is -2.40. The molecule has 1 aliphatic carbocycles. The van der Waals surface area contributed by atoms with Gasteiger partial charge in [-0.25, -0.2) is 8.42 Å². The maximum Gasteiger partial charge on any atom is 0.246 e. The van der Waals surface area contributed by atoms with E-state index in [0.29, 0.717) is 38.4 Å². The lowest BCUT2D eigenvalue weighted by molar-refractivity contribution is -0.131. The first-order chi connectivity index (χ1) is 15.4. The Bertz CT molecular complexity index is 1060. The number of benzene rings is 2. The van der Waals surface area contributed by atoms with E-state index in [1.807, 2.05) is 11.8 Å². The molecule has 2 aliphatic rings. The summed E-state index contributed by atoms with van der Waals surface area (Å²) in [6.45, 7) is 3.96. The van der Waals surface area contributed by atoms with E-state index in [-0.39, 0.29) is 29.0 Å². The Balaban J connectivity index is 1.54. The first kappa shape index (κ1) is 22.8. The van der Waals surface area contributed by atoms with Gasteiger partial charge < -0.3 is 14.4 Å². The molecule has 0 unspecified atom stereocenters. The molecule has 1 aliphatic heterocycles. The van der Waals surface area contributed by atoms with Crippen molar-refractivity contribution in [3.8, 4) is 5.75 Å². The lowest BCUT2D eigenvalue weighted by Gasteiger charge is -2.27. The topological polar surface area (TPSA) is 76.2 Å². The molecule has 2 aromatic rings. The van der Waals surface area contributed by atoms with E-state index in [1.54, 1.807) is 18.2 Å². The number of carbonyl (C=O) groups is 1. The van der Waals surface area contributed by atoms with E-state index in [4.69, 9.17) is 9.47 Å². The van der Waals surface area contributed by atoms with Gasteiger partial charge in [-0.3, -0.25) is 4.79 Å². The van der Waals surface area contributed by atoms with Gasteiger partial charge in [0.1, 0.15) is 10.6 Å². The van der Waals surface area contributed by atoms with Gasteiger partial charge in [0.25, 0.3) is 0 Å². The van der Waals surface area contributed by atoms with E-state index in [2.05, 4.69) is 24.3 Å². The molecule has 4 rings (SSSR count). The van der Waals surface area contributed by atoms with Crippen molar-refractivity contribution in [2.24, 2.45) is 0 Å². The molecule has 1 saturated carbocycles. The molecule has 0 spiro atoms. The number of hydrogen-bond acceptors (Lipinski definition) is 5. The molecular formula is C24H30N2O5S. The number of aryl methyl sites for hydroxylation is 1. The molecule has 7 nitrogen and oxygen atoms in total. The van der Waals surface area contributed by atoms with Crippen LogP contribution in [0.5, 0.6) is 5.75 Å². The normalized spacial score (nSPS) is 17.2. The summed E-state index contributed by atoms with van der Waals surface area (Å²) in [6.07, 6.45) is 2.17. The minimum atomic E-state index is -3.74. The standard InChI is InChI=1S/C24H30N2O5S/c1-18-3-5-19(6-4-18)17-26(21-8-9-21)24(27)16-20-7-10-22(30-2)23(15-20)32(28,29)25-11-13-31-14-12-25/h3-7,10,15,21H,8-9,11-14,16-17H2,1-2H3. The second-order valence-corrected chi connectivity index (χ2v) is 10.3. The number of morpholine rings is 1. The van der Waals surface area contributed by atoms with Gasteiger partial charge in [-0.2, -0.15) is 4.31 Å². The van der Waals surface area contributed by atoms with Crippen molar-refractivity contribution in [2.45, 2.75) is 43.7 Å². The molecule has 0 atom stereocenters. The van der Waals surface area contributed by atoms with E-state index in [0.717, 1.165) is 18.4 Å². The SMILES string of the molecule is COc1ccc(CC(=O)N(Cc2ccc(C)cc2)C2CC2)cc1S(=O)(=O)N1CCOCC1. The maximum atomic E-state index is 13.2. The fourth-order valence-corrected chi connectivity index (χ4v) is 5.55. The molecule has 8 heteroatoms. The number of sulfonamides is 1. The molecule has 0 radical (unpaired) electrons. The van der Waals surface area contributed by atoms with Crippen molar-refractivity contribution in [3.05, 3.63) is 59.2 Å². The Kier molecular flexibility index (Phi) is 6.83. The zero-order valence-corrected chi connectivity index (χ0v) is 19.4. The van der Waals surface area contributed by atoms with Crippen LogP contribution in [0.4, 0.5) is 0 Å². The quantitative estimate of drug-likeness (QED) is 0.608. The largest absolute Gasteiger partial charge is 0.495 e. The summed E-state index contributed by atoms with van der Waals surface area (Å²) in [5.74, 6) is 0.291. The molecule has 32 heavy (non-hydrogen) atoms. The highest BCUT2D eigenvalue weighted by atomic mass is 32.2. The van der Waals surface area contributed by atoms with Crippen molar-refractivity contribution in [2.75, 3.05) is 33.4 Å². The van der Waals surface area contributed by atoms with E-state index in [1.165, 1.54) is 17.0 Å². The number of ether oxygens (including phenoxy) is 2. The van der Waals surface area contributed by atoms with Crippen molar-refractivity contribution in [3.63, 3.8) is 0 Å². The van der Waals surface area contributed by atoms with Gasteiger partial charge in [-0.05, 0) is 43.0 Å². The summed E-state index contributed by atoms with van der Waals surface area (Å²) in [7, 11) is -2.28. The van der Waals surface area contributed by atoms with Gasteiger partial charge in [0.05, 0.1) is 26.7 Å². The van der Waals surface area contributed by atoms with Gasteiger partial charge in [-0.1, -0.05) is 35.9 Å². The van der Waals surface area contributed by atoms with Gasteiger partial charge in [0.2, 0.25) is 15.9 Å². The summed E-state index contributed by atoms with van der Waals surface area (Å²) in [4.78, 5) is 15.2. The second kappa shape index (κ2) is 9.60. The Labute approximate surface area is 190 Å². The zero-order chi connectivity index (χ0) is 22.7. The van der Waals surface area contributed by atoms with Crippen LogP contribution in [0.25, 0.3) is 0 Å². The van der Waals surface area contributed by atoms with Crippen LogP contribution in [-0.2, 0) is 32.5 Å². The highest BCUT2D eigenvalue weighted by Crippen LogP contribution is 2.31. The van der Waals surface area contributed by atoms with Gasteiger partial charge in [0, 0.05) is 25.7 Å². The average Bonchev–Trinajstić information content (AvgIpc) is 3.64. The van der Waals surface area contributed by atoms with Crippen LogP contribution < -0.4 is 4.74 Å². The fourth-order valence-electron chi connectivity index (χ4n) is 3.93. The lowest BCUT2D eigenvalue weighted by atomic mass is 10.1. The summed E-state index contributed by atoms with van der Waals surface area (Å²) < 4.78 is 38.5. The highest BCUT2D eigenvalue weighted by molar-refractivity contribution is 7.89. The van der Waals surface area contributed by atoms with Crippen molar-refractivity contribution in [1.82, 2.24) is 9.21 Å². The molecule has 1 amide bonds. The van der Waals surface area contributed by atoms with Crippen LogP contribution >= 0.6 is 0 Å². The molecule has 2 aromatic carbocycles. The Morgan fingerprint density at radius 2 is 1.75 bits per heavy atom. The van der Waals surface area contributed by atoms with E-state index >= 15 is 0 Å². The second-order valence-electron chi connectivity index (χ2n) is 8.42.